The molecule has 0 spiro atoms. The van der Waals surface area contributed by atoms with Gasteiger partial charge in [-0.15, -0.1) is 0 Å². The zero-order chi connectivity index (χ0) is 15.5. The minimum atomic E-state index is 0.293. The number of hydrogen-bond donors (Lipinski definition) is 1. The molecule has 0 saturated heterocycles. The van der Waals surface area contributed by atoms with Crippen LogP contribution in [0.2, 0.25) is 0 Å². The van der Waals surface area contributed by atoms with Crippen LogP contribution in [0.1, 0.15) is 64.5 Å². The van der Waals surface area contributed by atoms with Crippen LogP contribution in [-0.2, 0) is 6.54 Å². The summed E-state index contributed by atoms with van der Waals surface area (Å²) in [5.74, 6) is 0. The van der Waals surface area contributed by atoms with Crippen molar-refractivity contribution in [3.63, 3.8) is 0 Å². The molecule has 120 valence electrons. The smallest absolute Gasteiger partial charge is 0.0538 e. The lowest BCUT2D eigenvalue weighted by Crippen LogP contribution is -2.41. The van der Waals surface area contributed by atoms with Gasteiger partial charge in [0.25, 0.3) is 0 Å². The number of aromatic nitrogens is 2. The van der Waals surface area contributed by atoms with Crippen LogP contribution < -0.4 is 5.73 Å². The monoisotopic (exact) mass is 292 g/mol. The van der Waals surface area contributed by atoms with Crippen LogP contribution in [0, 0.1) is 5.41 Å². The number of rotatable bonds is 6. The number of hydrogen-bond acceptors (Lipinski definition) is 3. The van der Waals surface area contributed by atoms with Crippen LogP contribution >= 0.6 is 0 Å². The molecule has 1 aliphatic carbocycles. The summed E-state index contributed by atoms with van der Waals surface area (Å²) in [4.78, 5) is 2.49. The van der Waals surface area contributed by atoms with Crippen LogP contribution in [0.25, 0.3) is 0 Å². The third-order valence-corrected chi connectivity index (χ3v) is 5.09. The molecule has 21 heavy (non-hydrogen) atoms. The minimum absolute atomic E-state index is 0.293. The van der Waals surface area contributed by atoms with Gasteiger partial charge in [-0.3, -0.25) is 9.58 Å². The summed E-state index contributed by atoms with van der Waals surface area (Å²) in [6, 6.07) is 0.947. The van der Waals surface area contributed by atoms with E-state index in [-0.39, 0.29) is 0 Å². The zero-order valence-electron chi connectivity index (χ0n) is 14.2. The first-order valence-electron chi connectivity index (χ1n) is 8.41. The highest BCUT2D eigenvalue weighted by Gasteiger charge is 2.31. The lowest BCUT2D eigenvalue weighted by molar-refractivity contribution is 0.0966. The van der Waals surface area contributed by atoms with Crippen LogP contribution in [0.4, 0.5) is 0 Å². The van der Waals surface area contributed by atoms with Gasteiger partial charge in [0, 0.05) is 30.9 Å². The maximum Gasteiger partial charge on any atom is 0.0538 e. The summed E-state index contributed by atoms with van der Waals surface area (Å²) in [5.41, 5.74) is 7.85. The standard InChI is InChI=1S/C17H32N4/c1-5-10-21-13-14(12-19-21)16(11-18)20(4)15-6-8-17(2,3)9-7-15/h12-13,15-16H,5-11,18H2,1-4H3. The van der Waals surface area contributed by atoms with Gasteiger partial charge in [-0.2, -0.15) is 5.10 Å². The van der Waals surface area contributed by atoms with Crippen molar-refractivity contribution in [3.8, 4) is 0 Å². The van der Waals surface area contributed by atoms with Crippen molar-refractivity contribution in [2.24, 2.45) is 11.1 Å². The Hall–Kier alpha value is -0.870. The van der Waals surface area contributed by atoms with Crippen molar-refractivity contribution in [1.29, 1.82) is 0 Å². The summed E-state index contributed by atoms with van der Waals surface area (Å²) in [6.45, 7) is 8.60. The van der Waals surface area contributed by atoms with Crippen LogP contribution in [0.3, 0.4) is 0 Å². The molecule has 0 bridgehead atoms. The van der Waals surface area contributed by atoms with Crippen molar-refractivity contribution in [2.45, 2.75) is 71.5 Å². The predicted octanol–water partition coefficient (Wildman–Crippen LogP) is 3.19. The fraction of sp³-hybridized carbons (Fsp3) is 0.824. The van der Waals surface area contributed by atoms with Crippen LogP contribution in [0.15, 0.2) is 12.4 Å². The topological polar surface area (TPSA) is 47.1 Å². The summed E-state index contributed by atoms with van der Waals surface area (Å²) in [6.07, 6.45) is 10.5. The maximum atomic E-state index is 6.07. The highest BCUT2D eigenvalue weighted by atomic mass is 15.3. The van der Waals surface area contributed by atoms with Crippen LogP contribution in [-0.4, -0.2) is 34.3 Å². The van der Waals surface area contributed by atoms with Crippen molar-refractivity contribution in [1.82, 2.24) is 14.7 Å². The highest BCUT2D eigenvalue weighted by Crippen LogP contribution is 2.38. The lowest BCUT2D eigenvalue weighted by Gasteiger charge is -2.41. The molecule has 1 aliphatic rings. The quantitative estimate of drug-likeness (QED) is 0.876. The normalized spacial score (nSPS) is 20.9. The molecular formula is C17H32N4. The van der Waals surface area contributed by atoms with Gasteiger partial charge >= 0.3 is 0 Å². The second kappa shape index (κ2) is 6.93. The van der Waals surface area contributed by atoms with Gasteiger partial charge in [0.05, 0.1) is 12.2 Å². The molecule has 2 N–H and O–H groups in total. The molecule has 1 heterocycles. The Labute approximate surface area is 129 Å². The molecule has 4 heteroatoms. The average Bonchev–Trinajstić information content (AvgIpc) is 2.88. The lowest BCUT2D eigenvalue weighted by atomic mass is 9.75. The summed E-state index contributed by atoms with van der Waals surface area (Å²) in [7, 11) is 2.23. The molecule has 2 rings (SSSR count). The molecule has 1 aromatic rings. The molecule has 4 nitrogen and oxygen atoms in total. The number of aryl methyl sites for hydroxylation is 1. The molecule has 1 aromatic heterocycles. The first-order chi connectivity index (χ1) is 9.96. The summed E-state index contributed by atoms with van der Waals surface area (Å²) < 4.78 is 2.04. The Bertz CT molecular complexity index is 428. The Morgan fingerprint density at radius 2 is 2.10 bits per heavy atom. The summed E-state index contributed by atoms with van der Waals surface area (Å²) in [5, 5.41) is 4.46. The maximum absolute atomic E-state index is 6.07. The van der Waals surface area contributed by atoms with Crippen LogP contribution in [0.5, 0.6) is 0 Å². The van der Waals surface area contributed by atoms with E-state index in [0.29, 0.717) is 24.0 Å². The summed E-state index contributed by atoms with van der Waals surface area (Å²) >= 11 is 0. The second-order valence-electron chi connectivity index (χ2n) is 7.35. The van der Waals surface area contributed by atoms with E-state index in [1.807, 2.05) is 10.9 Å². The Balaban J connectivity index is 2.02. The molecule has 0 amide bonds. The van der Waals surface area contributed by atoms with E-state index in [1.165, 1.54) is 31.2 Å². The minimum Gasteiger partial charge on any atom is -0.329 e. The fourth-order valence-corrected chi connectivity index (χ4v) is 3.49. The van der Waals surface area contributed by atoms with Gasteiger partial charge in [-0.05, 0) is 44.6 Å². The van der Waals surface area contributed by atoms with E-state index < -0.39 is 0 Å². The molecular weight excluding hydrogens is 260 g/mol. The molecule has 1 saturated carbocycles. The fourth-order valence-electron chi connectivity index (χ4n) is 3.49. The number of nitrogens with two attached hydrogens (primary N) is 1. The molecule has 0 radical (unpaired) electrons. The van der Waals surface area contributed by atoms with Crippen molar-refractivity contribution in [3.05, 3.63) is 18.0 Å². The van der Waals surface area contributed by atoms with Gasteiger partial charge in [0.15, 0.2) is 0 Å². The molecule has 0 aliphatic heterocycles. The van der Waals surface area contributed by atoms with Gasteiger partial charge in [-0.25, -0.2) is 0 Å². The second-order valence-corrected chi connectivity index (χ2v) is 7.35. The predicted molar refractivity (Wildman–Crippen MR) is 88.1 cm³/mol. The van der Waals surface area contributed by atoms with Gasteiger partial charge in [0.2, 0.25) is 0 Å². The van der Waals surface area contributed by atoms with E-state index >= 15 is 0 Å². The molecule has 1 unspecified atom stereocenters. The molecule has 0 aromatic carbocycles. The third kappa shape index (κ3) is 4.07. The number of nitrogens with zero attached hydrogens (tertiary/aromatic N) is 3. The van der Waals surface area contributed by atoms with E-state index in [0.717, 1.165) is 13.0 Å². The van der Waals surface area contributed by atoms with E-state index in [2.05, 4.69) is 44.0 Å². The molecule has 1 fully saturated rings. The SMILES string of the molecule is CCCn1cc(C(CN)N(C)C2CCC(C)(C)CC2)cn1. The van der Waals surface area contributed by atoms with Crippen molar-refractivity contribution in [2.75, 3.05) is 13.6 Å². The van der Waals surface area contributed by atoms with E-state index in [1.54, 1.807) is 0 Å². The zero-order valence-corrected chi connectivity index (χ0v) is 14.2. The first-order valence-corrected chi connectivity index (χ1v) is 8.41. The highest BCUT2D eigenvalue weighted by molar-refractivity contribution is 5.12. The Morgan fingerprint density at radius 3 is 2.67 bits per heavy atom. The Morgan fingerprint density at radius 1 is 1.43 bits per heavy atom. The van der Waals surface area contributed by atoms with Crippen molar-refractivity contribution >= 4 is 0 Å². The first kappa shape index (κ1) is 16.5. The average molecular weight is 292 g/mol. The van der Waals surface area contributed by atoms with Gasteiger partial charge in [0.1, 0.15) is 0 Å². The van der Waals surface area contributed by atoms with E-state index in [9.17, 15) is 0 Å². The largest absolute Gasteiger partial charge is 0.329 e. The molecule has 1 atom stereocenters. The third-order valence-electron chi connectivity index (χ3n) is 5.09. The Kier molecular flexibility index (Phi) is 5.44. The van der Waals surface area contributed by atoms with Gasteiger partial charge in [-0.1, -0.05) is 20.8 Å². The van der Waals surface area contributed by atoms with Gasteiger partial charge < -0.3 is 5.73 Å². The number of likely N-dealkylation sites (N-methyl/N-ethyl adjacent to an activating group) is 1. The van der Waals surface area contributed by atoms with E-state index in [4.69, 9.17) is 5.73 Å². The van der Waals surface area contributed by atoms with Crippen molar-refractivity contribution < 1.29 is 0 Å².